The van der Waals surface area contributed by atoms with Gasteiger partial charge in [-0.15, -0.1) is 0 Å². The van der Waals surface area contributed by atoms with Gasteiger partial charge in [-0.2, -0.15) is 4.89 Å². The van der Waals surface area contributed by atoms with E-state index in [1.165, 1.54) is 17.0 Å². The molecule has 3 N–H and O–H groups in total. The zero-order chi connectivity index (χ0) is 23.7. The van der Waals surface area contributed by atoms with Gasteiger partial charge in [-0.1, -0.05) is 42.5 Å². The Bertz CT molecular complexity index is 1310. The number of carbonyl (C=O) groups excluding carboxylic acids is 1. The number of amidine groups is 1. The van der Waals surface area contributed by atoms with Crippen LogP contribution in [0.15, 0.2) is 95.0 Å². The number of aliphatic imine (C=N–C) groups is 2. The summed E-state index contributed by atoms with van der Waals surface area (Å²) in [5, 5.41) is 29.1. The van der Waals surface area contributed by atoms with E-state index in [2.05, 4.69) is 4.99 Å². The Kier molecular flexibility index (Phi) is 5.45. The van der Waals surface area contributed by atoms with E-state index < -0.39 is 11.6 Å². The van der Waals surface area contributed by atoms with Gasteiger partial charge in [0.1, 0.15) is 11.5 Å². The SMILES string of the molecule is O=C1N2C=C(c3ccc(O)cc3)N=C(Cc3ccccc3)C2=N[C@@]1(Cc1ccc(O)cc1)OO. The van der Waals surface area contributed by atoms with E-state index in [9.17, 15) is 20.3 Å². The molecule has 0 spiro atoms. The molecule has 5 rings (SSSR count). The number of rotatable bonds is 6. The first-order valence-electron chi connectivity index (χ1n) is 10.6. The Balaban J connectivity index is 1.57. The highest BCUT2D eigenvalue weighted by Gasteiger charge is 2.52. The highest BCUT2D eigenvalue weighted by atomic mass is 17.1. The van der Waals surface area contributed by atoms with Crippen molar-refractivity contribution in [2.24, 2.45) is 9.98 Å². The number of phenols is 2. The number of hydrogen-bond donors (Lipinski definition) is 3. The molecular weight excluding hydrogens is 434 g/mol. The van der Waals surface area contributed by atoms with Crippen molar-refractivity contribution in [2.45, 2.75) is 18.6 Å². The van der Waals surface area contributed by atoms with Gasteiger partial charge in [-0.05, 0) is 47.5 Å². The van der Waals surface area contributed by atoms with Crippen LogP contribution in [0.4, 0.5) is 0 Å². The topological polar surface area (TPSA) is 115 Å². The van der Waals surface area contributed by atoms with Crippen molar-refractivity contribution in [1.29, 1.82) is 0 Å². The highest BCUT2D eigenvalue weighted by molar-refractivity contribution is 6.47. The van der Waals surface area contributed by atoms with Crippen molar-refractivity contribution in [3.8, 4) is 11.5 Å². The molecule has 34 heavy (non-hydrogen) atoms. The number of benzene rings is 3. The van der Waals surface area contributed by atoms with E-state index in [1.54, 1.807) is 42.6 Å². The molecule has 170 valence electrons. The second-order valence-electron chi connectivity index (χ2n) is 8.11. The zero-order valence-corrected chi connectivity index (χ0v) is 18.0. The molecule has 0 aliphatic carbocycles. The molecule has 0 radical (unpaired) electrons. The Morgan fingerprint density at radius 2 is 1.50 bits per heavy atom. The Morgan fingerprint density at radius 3 is 2.15 bits per heavy atom. The Labute approximate surface area is 195 Å². The Hall–Kier alpha value is -4.27. The van der Waals surface area contributed by atoms with Crippen molar-refractivity contribution in [3.63, 3.8) is 0 Å². The van der Waals surface area contributed by atoms with E-state index in [-0.39, 0.29) is 17.9 Å². The van der Waals surface area contributed by atoms with Gasteiger partial charge in [0.15, 0.2) is 5.84 Å². The van der Waals surface area contributed by atoms with Crippen LogP contribution >= 0.6 is 0 Å². The third kappa shape index (κ3) is 3.96. The standard InChI is InChI=1S/C26H21N3O5/c30-20-10-6-18(7-11-20)15-26(34-33)25(32)29-16-23(19-8-12-21(31)13-9-19)27-22(24(29)28-26)14-17-4-2-1-3-5-17/h1-13,16,30-31,33H,14-15H2/t26-/m0/s1. The van der Waals surface area contributed by atoms with Crippen LogP contribution in [0.2, 0.25) is 0 Å². The minimum absolute atomic E-state index is 0.0381. The second kappa shape index (κ2) is 8.58. The van der Waals surface area contributed by atoms with Crippen molar-refractivity contribution in [3.05, 3.63) is 102 Å². The van der Waals surface area contributed by atoms with Crippen LogP contribution < -0.4 is 0 Å². The number of hydrogen-bond acceptors (Lipinski definition) is 7. The number of phenolic OH excluding ortho intramolecular Hbond substituents is 2. The largest absolute Gasteiger partial charge is 0.508 e. The van der Waals surface area contributed by atoms with Crippen LogP contribution in [0.3, 0.4) is 0 Å². The summed E-state index contributed by atoms with van der Waals surface area (Å²) in [5.74, 6) is -0.0586. The van der Waals surface area contributed by atoms with Crippen molar-refractivity contribution in [2.75, 3.05) is 0 Å². The molecule has 0 bridgehead atoms. The molecule has 0 aromatic heterocycles. The van der Waals surface area contributed by atoms with Crippen molar-refractivity contribution in [1.82, 2.24) is 4.90 Å². The molecule has 0 fully saturated rings. The summed E-state index contributed by atoms with van der Waals surface area (Å²) in [5.41, 5.74) is 1.49. The van der Waals surface area contributed by atoms with Gasteiger partial charge in [0.05, 0.1) is 11.4 Å². The molecule has 2 heterocycles. The minimum Gasteiger partial charge on any atom is -0.508 e. The number of amides is 1. The quantitative estimate of drug-likeness (QED) is 0.387. The molecule has 0 saturated heterocycles. The molecule has 1 amide bonds. The average molecular weight is 455 g/mol. The number of nitrogens with zero attached hydrogens (tertiary/aromatic N) is 3. The van der Waals surface area contributed by atoms with E-state index in [0.29, 0.717) is 34.8 Å². The van der Waals surface area contributed by atoms with E-state index >= 15 is 0 Å². The lowest BCUT2D eigenvalue weighted by molar-refractivity contribution is -0.308. The second-order valence-corrected chi connectivity index (χ2v) is 8.11. The predicted molar refractivity (Wildman–Crippen MR) is 126 cm³/mol. The molecule has 0 saturated carbocycles. The minimum atomic E-state index is -1.88. The number of fused-ring (bicyclic) bond motifs is 1. The fourth-order valence-corrected chi connectivity index (χ4v) is 4.00. The summed E-state index contributed by atoms with van der Waals surface area (Å²) in [6, 6.07) is 22.4. The van der Waals surface area contributed by atoms with Crippen LogP contribution in [0.5, 0.6) is 11.5 Å². The van der Waals surface area contributed by atoms with Crippen LogP contribution in [-0.4, -0.2) is 43.5 Å². The summed E-state index contributed by atoms with van der Waals surface area (Å²) >= 11 is 0. The van der Waals surface area contributed by atoms with Crippen molar-refractivity contribution < 1.29 is 25.2 Å². The summed E-state index contributed by atoms with van der Waals surface area (Å²) < 4.78 is 0. The molecule has 3 aromatic carbocycles. The molecule has 8 heteroatoms. The van der Waals surface area contributed by atoms with Crippen LogP contribution in [-0.2, 0) is 22.5 Å². The van der Waals surface area contributed by atoms with E-state index in [1.807, 2.05) is 30.3 Å². The third-order valence-corrected chi connectivity index (χ3v) is 5.74. The van der Waals surface area contributed by atoms with Gasteiger partial charge in [0, 0.05) is 24.6 Å². The third-order valence-electron chi connectivity index (χ3n) is 5.74. The first-order valence-corrected chi connectivity index (χ1v) is 10.6. The first kappa shape index (κ1) is 21.6. The Morgan fingerprint density at radius 1 is 0.853 bits per heavy atom. The van der Waals surface area contributed by atoms with Gasteiger partial charge < -0.3 is 10.2 Å². The lowest BCUT2D eigenvalue weighted by atomic mass is 10.0. The molecule has 2 aliphatic rings. The maximum absolute atomic E-state index is 13.5. The van der Waals surface area contributed by atoms with Gasteiger partial charge >= 0.3 is 0 Å². The van der Waals surface area contributed by atoms with Crippen LogP contribution in [0, 0.1) is 0 Å². The summed E-state index contributed by atoms with van der Waals surface area (Å²) in [4.78, 5) is 28.9. The zero-order valence-electron chi connectivity index (χ0n) is 18.0. The van der Waals surface area contributed by atoms with E-state index in [4.69, 9.17) is 9.88 Å². The van der Waals surface area contributed by atoms with Gasteiger partial charge in [-0.25, -0.2) is 15.2 Å². The average Bonchev–Trinajstić information content (AvgIpc) is 3.14. The number of aromatic hydroxyl groups is 2. The monoisotopic (exact) mass is 455 g/mol. The molecule has 0 unspecified atom stereocenters. The maximum atomic E-state index is 13.5. The summed E-state index contributed by atoms with van der Waals surface area (Å²) in [6.07, 6.45) is 1.92. The van der Waals surface area contributed by atoms with Crippen LogP contribution in [0.25, 0.3) is 5.70 Å². The fraction of sp³-hybridized carbons (Fsp3) is 0.115. The molecule has 2 aliphatic heterocycles. The summed E-state index contributed by atoms with van der Waals surface area (Å²) in [7, 11) is 0. The molecule has 1 atom stereocenters. The fourth-order valence-electron chi connectivity index (χ4n) is 4.00. The maximum Gasteiger partial charge on any atom is 0.291 e. The smallest absolute Gasteiger partial charge is 0.291 e. The normalized spacial score (nSPS) is 19.4. The lowest BCUT2D eigenvalue weighted by Gasteiger charge is -2.24. The number of carbonyl (C=O) groups is 1. The molecule has 8 nitrogen and oxygen atoms in total. The highest BCUT2D eigenvalue weighted by Crippen LogP contribution is 2.34. The predicted octanol–water partition coefficient (Wildman–Crippen LogP) is 3.76. The van der Waals surface area contributed by atoms with E-state index in [0.717, 1.165) is 5.56 Å². The van der Waals surface area contributed by atoms with Gasteiger partial charge in [0.25, 0.3) is 11.6 Å². The van der Waals surface area contributed by atoms with Crippen LogP contribution in [0.1, 0.15) is 16.7 Å². The first-order chi connectivity index (χ1) is 16.5. The van der Waals surface area contributed by atoms with Crippen molar-refractivity contribution >= 4 is 23.2 Å². The van der Waals surface area contributed by atoms with Gasteiger partial charge in [-0.3, -0.25) is 9.69 Å². The summed E-state index contributed by atoms with van der Waals surface area (Å²) in [6.45, 7) is 0. The molecular formula is C26H21N3O5. The molecule has 3 aromatic rings. The van der Waals surface area contributed by atoms with Gasteiger partial charge in [0.2, 0.25) is 0 Å². The lowest BCUT2D eigenvalue weighted by Crippen LogP contribution is -2.45.